The molecular formula is C19H17ClN4O3S2. The largest absolute Gasteiger partial charge is 0.382 e. The van der Waals surface area contributed by atoms with Crippen molar-refractivity contribution in [2.45, 2.75) is 21.9 Å². The van der Waals surface area contributed by atoms with E-state index in [-0.39, 0.29) is 32.4 Å². The van der Waals surface area contributed by atoms with E-state index in [1.54, 1.807) is 43.3 Å². The van der Waals surface area contributed by atoms with E-state index in [4.69, 9.17) is 17.3 Å². The van der Waals surface area contributed by atoms with Gasteiger partial charge in [0.25, 0.3) is 0 Å². The topological polar surface area (TPSA) is 115 Å². The van der Waals surface area contributed by atoms with Crippen LogP contribution < -0.4 is 11.1 Å². The number of nitrogen functional groups attached to an aromatic ring is 1. The lowest BCUT2D eigenvalue weighted by Gasteiger charge is -2.10. The number of anilines is 2. The molecule has 0 radical (unpaired) electrons. The van der Waals surface area contributed by atoms with Crippen molar-refractivity contribution in [2.75, 3.05) is 16.8 Å². The normalized spacial score (nSPS) is 11.2. The van der Waals surface area contributed by atoms with Gasteiger partial charge in [0, 0.05) is 10.7 Å². The molecule has 0 saturated heterocycles. The molecule has 29 heavy (non-hydrogen) atoms. The zero-order valence-corrected chi connectivity index (χ0v) is 17.7. The number of nitrogens with zero attached hydrogens (tertiary/aromatic N) is 2. The van der Waals surface area contributed by atoms with Crippen molar-refractivity contribution in [3.8, 4) is 0 Å². The smallest absolute Gasteiger partial charge is 0.234 e. The first-order chi connectivity index (χ1) is 13.8. The number of aromatic nitrogens is 2. The maximum absolute atomic E-state index is 12.7. The molecule has 1 amide bonds. The summed E-state index contributed by atoms with van der Waals surface area (Å²) in [6.45, 7) is 1.81. The van der Waals surface area contributed by atoms with Crippen LogP contribution in [0.2, 0.25) is 5.02 Å². The number of thioether (sulfide) groups is 1. The van der Waals surface area contributed by atoms with Crippen LogP contribution in [0.25, 0.3) is 0 Å². The lowest BCUT2D eigenvalue weighted by Crippen LogP contribution is -2.15. The third-order valence-corrected chi connectivity index (χ3v) is 7.04. The van der Waals surface area contributed by atoms with Crippen LogP contribution in [0.4, 0.5) is 11.5 Å². The molecule has 0 fully saturated rings. The Morgan fingerprint density at radius 3 is 2.59 bits per heavy atom. The summed E-state index contributed by atoms with van der Waals surface area (Å²) in [4.78, 5) is 20.2. The molecule has 0 aliphatic rings. The summed E-state index contributed by atoms with van der Waals surface area (Å²) in [7, 11) is -3.82. The van der Waals surface area contributed by atoms with Gasteiger partial charge >= 0.3 is 0 Å². The highest BCUT2D eigenvalue weighted by Gasteiger charge is 2.22. The van der Waals surface area contributed by atoms with E-state index in [9.17, 15) is 13.2 Å². The summed E-state index contributed by atoms with van der Waals surface area (Å²) >= 11 is 7.09. The average Bonchev–Trinajstić information content (AvgIpc) is 2.70. The number of hydrogen-bond acceptors (Lipinski definition) is 7. The van der Waals surface area contributed by atoms with Gasteiger partial charge in [-0.2, -0.15) is 0 Å². The van der Waals surface area contributed by atoms with E-state index in [0.29, 0.717) is 10.7 Å². The molecule has 0 unspecified atom stereocenters. The molecule has 0 bridgehead atoms. The van der Waals surface area contributed by atoms with Crippen molar-refractivity contribution in [3.05, 3.63) is 65.3 Å². The first-order valence-electron chi connectivity index (χ1n) is 8.39. The van der Waals surface area contributed by atoms with Gasteiger partial charge in [0.2, 0.25) is 15.7 Å². The standard InChI is InChI=1S/C19H17ClN4O3S2/c1-12-14(20)8-5-9-15(12)23-17(25)11-28-19-22-10-16(18(21)24-19)29(26,27)13-6-3-2-4-7-13/h2-10H,11H2,1H3,(H,23,25)(H2,21,22,24). The molecule has 7 nitrogen and oxygen atoms in total. The molecule has 0 aliphatic carbocycles. The Labute approximate surface area is 177 Å². The fourth-order valence-corrected chi connectivity index (χ4v) is 4.51. The predicted octanol–water partition coefficient (Wildman–Crippen LogP) is 3.58. The molecule has 3 rings (SSSR count). The van der Waals surface area contributed by atoms with Crippen molar-refractivity contribution in [1.29, 1.82) is 0 Å². The predicted molar refractivity (Wildman–Crippen MR) is 114 cm³/mol. The third-order valence-electron chi connectivity index (χ3n) is 3.98. The maximum Gasteiger partial charge on any atom is 0.234 e. The van der Waals surface area contributed by atoms with Gasteiger partial charge in [-0.05, 0) is 36.8 Å². The summed E-state index contributed by atoms with van der Waals surface area (Å²) in [5, 5.41) is 3.52. The number of benzene rings is 2. The van der Waals surface area contributed by atoms with E-state index in [1.807, 2.05) is 0 Å². The molecule has 0 atom stereocenters. The van der Waals surface area contributed by atoms with Crippen LogP contribution in [0.15, 0.2) is 69.7 Å². The van der Waals surface area contributed by atoms with Crippen molar-refractivity contribution in [3.63, 3.8) is 0 Å². The highest BCUT2D eigenvalue weighted by atomic mass is 35.5. The van der Waals surface area contributed by atoms with Gasteiger partial charge in [0.15, 0.2) is 5.16 Å². The Hall–Kier alpha value is -2.62. The Morgan fingerprint density at radius 1 is 1.17 bits per heavy atom. The zero-order valence-electron chi connectivity index (χ0n) is 15.3. The van der Waals surface area contributed by atoms with E-state index < -0.39 is 9.84 Å². The molecule has 3 N–H and O–H groups in total. The molecule has 1 aromatic heterocycles. The van der Waals surface area contributed by atoms with Crippen LogP contribution in [0.3, 0.4) is 0 Å². The second-order valence-electron chi connectivity index (χ2n) is 5.97. The second-order valence-corrected chi connectivity index (χ2v) is 9.24. The van der Waals surface area contributed by atoms with Gasteiger partial charge < -0.3 is 11.1 Å². The van der Waals surface area contributed by atoms with Crippen molar-refractivity contribution < 1.29 is 13.2 Å². The third kappa shape index (κ3) is 4.87. The van der Waals surface area contributed by atoms with Gasteiger partial charge in [-0.25, -0.2) is 18.4 Å². The number of sulfone groups is 1. The Morgan fingerprint density at radius 2 is 1.90 bits per heavy atom. The van der Waals surface area contributed by atoms with E-state index >= 15 is 0 Å². The quantitative estimate of drug-likeness (QED) is 0.437. The highest BCUT2D eigenvalue weighted by molar-refractivity contribution is 7.99. The van der Waals surface area contributed by atoms with E-state index in [2.05, 4.69) is 15.3 Å². The molecule has 150 valence electrons. The minimum atomic E-state index is -3.82. The summed E-state index contributed by atoms with van der Waals surface area (Å²) in [5.41, 5.74) is 7.24. The Kier molecular flexibility index (Phi) is 6.41. The molecule has 3 aromatic rings. The van der Waals surface area contributed by atoms with Gasteiger partial charge in [-0.15, -0.1) is 0 Å². The molecule has 0 aliphatic heterocycles. The van der Waals surface area contributed by atoms with Crippen molar-refractivity contribution >= 4 is 50.6 Å². The Bertz CT molecular complexity index is 1160. The van der Waals surface area contributed by atoms with Crippen LogP contribution in [0.5, 0.6) is 0 Å². The molecule has 0 saturated carbocycles. The number of nitrogens with one attached hydrogen (secondary N) is 1. The summed E-state index contributed by atoms with van der Waals surface area (Å²) < 4.78 is 25.3. The molecule has 1 heterocycles. The van der Waals surface area contributed by atoms with E-state index in [1.165, 1.54) is 12.1 Å². The molecule has 10 heteroatoms. The van der Waals surface area contributed by atoms with Crippen LogP contribution >= 0.6 is 23.4 Å². The first-order valence-corrected chi connectivity index (χ1v) is 11.2. The lowest BCUT2D eigenvalue weighted by atomic mass is 10.2. The second kappa shape index (κ2) is 8.81. The van der Waals surface area contributed by atoms with E-state index in [0.717, 1.165) is 23.5 Å². The molecule has 2 aromatic carbocycles. The van der Waals surface area contributed by atoms with Crippen LogP contribution in [0.1, 0.15) is 5.56 Å². The molecule has 0 spiro atoms. The fourth-order valence-electron chi connectivity index (χ4n) is 2.43. The number of hydrogen-bond donors (Lipinski definition) is 2. The number of carbonyl (C=O) groups excluding carboxylic acids is 1. The van der Waals surface area contributed by atoms with Crippen molar-refractivity contribution in [1.82, 2.24) is 9.97 Å². The number of amides is 1. The summed E-state index contributed by atoms with van der Waals surface area (Å²) in [6.07, 6.45) is 1.16. The zero-order chi connectivity index (χ0) is 21.0. The SMILES string of the molecule is Cc1c(Cl)cccc1NC(=O)CSc1ncc(S(=O)(=O)c2ccccc2)c(N)n1. The number of halogens is 1. The highest BCUT2D eigenvalue weighted by Crippen LogP contribution is 2.26. The number of nitrogens with two attached hydrogens (primary N) is 1. The summed E-state index contributed by atoms with van der Waals surface area (Å²) in [5.74, 6) is -0.420. The minimum Gasteiger partial charge on any atom is -0.382 e. The van der Waals surface area contributed by atoms with Gasteiger partial charge in [-0.1, -0.05) is 47.6 Å². The van der Waals surface area contributed by atoms with Crippen LogP contribution in [-0.2, 0) is 14.6 Å². The van der Waals surface area contributed by atoms with Crippen LogP contribution in [-0.4, -0.2) is 30.0 Å². The lowest BCUT2D eigenvalue weighted by molar-refractivity contribution is -0.113. The van der Waals surface area contributed by atoms with Gasteiger partial charge in [-0.3, -0.25) is 4.79 Å². The Balaban J connectivity index is 1.69. The van der Waals surface area contributed by atoms with Gasteiger partial charge in [0.1, 0.15) is 10.7 Å². The van der Waals surface area contributed by atoms with Crippen molar-refractivity contribution in [2.24, 2.45) is 0 Å². The average molecular weight is 449 g/mol. The minimum absolute atomic E-state index is 0.0240. The van der Waals surface area contributed by atoms with Gasteiger partial charge in [0.05, 0.1) is 16.8 Å². The monoisotopic (exact) mass is 448 g/mol. The molecular weight excluding hydrogens is 432 g/mol. The first kappa shape index (κ1) is 21.1. The number of carbonyl (C=O) groups is 1. The van der Waals surface area contributed by atoms with Crippen LogP contribution in [0, 0.1) is 6.92 Å². The number of rotatable bonds is 6. The summed E-state index contributed by atoms with van der Waals surface area (Å²) in [6, 6.07) is 13.1. The maximum atomic E-state index is 12.7. The fraction of sp³-hybridized carbons (Fsp3) is 0.105.